The van der Waals surface area contributed by atoms with E-state index in [0.29, 0.717) is 11.3 Å². The molecule has 1 fully saturated rings. The summed E-state index contributed by atoms with van der Waals surface area (Å²) in [7, 11) is 0. The van der Waals surface area contributed by atoms with Gasteiger partial charge in [-0.05, 0) is 36.4 Å². The number of hydrogen-bond acceptors (Lipinski definition) is 7. The quantitative estimate of drug-likeness (QED) is 0.536. The first-order valence-electron chi connectivity index (χ1n) is 7.86. The third-order valence-corrected chi connectivity index (χ3v) is 4.81. The summed E-state index contributed by atoms with van der Waals surface area (Å²) in [6.07, 6.45) is 0.993. The lowest BCUT2D eigenvalue weighted by atomic mass is 10.2. The number of benzene rings is 2. The highest BCUT2D eigenvalue weighted by Gasteiger charge is 2.40. The van der Waals surface area contributed by atoms with Crippen LogP contribution in [0.2, 0.25) is 0 Å². The van der Waals surface area contributed by atoms with Crippen LogP contribution in [-0.2, 0) is 9.59 Å². The summed E-state index contributed by atoms with van der Waals surface area (Å²) in [5, 5.41) is 35.5. The molecule has 1 saturated heterocycles. The van der Waals surface area contributed by atoms with Gasteiger partial charge in [-0.3, -0.25) is 14.5 Å². The fraction of sp³-hybridized carbons (Fsp3) is 0.111. The number of para-hydroxylation sites is 1. The predicted molar refractivity (Wildman–Crippen MR) is 102 cm³/mol. The second-order valence-corrected chi connectivity index (χ2v) is 6.75. The fourth-order valence-corrected chi connectivity index (χ4v) is 3.48. The Morgan fingerprint density at radius 1 is 1.15 bits per heavy atom. The Morgan fingerprint density at radius 2 is 1.85 bits per heavy atom. The molecule has 1 amide bonds. The molecule has 0 unspecified atom stereocenters. The molecule has 138 valence electrons. The second kappa shape index (κ2) is 7.92. The first-order chi connectivity index (χ1) is 13.0. The fourth-order valence-electron chi connectivity index (χ4n) is 2.40. The van der Waals surface area contributed by atoms with E-state index in [2.05, 4.69) is 10.2 Å². The minimum absolute atomic E-state index is 0.0377. The molecule has 0 aromatic heterocycles. The highest BCUT2D eigenvalue weighted by Crippen LogP contribution is 2.34. The lowest BCUT2D eigenvalue weighted by molar-refractivity contribution is -0.138. The number of phenols is 2. The van der Waals surface area contributed by atoms with E-state index in [-0.39, 0.29) is 23.1 Å². The van der Waals surface area contributed by atoms with Crippen LogP contribution in [0.1, 0.15) is 12.0 Å². The average Bonchev–Trinajstić information content (AvgIpc) is 2.92. The van der Waals surface area contributed by atoms with Crippen LogP contribution in [0.4, 0.5) is 5.69 Å². The van der Waals surface area contributed by atoms with E-state index in [1.165, 1.54) is 41.4 Å². The minimum Gasteiger partial charge on any atom is -0.508 e. The third kappa shape index (κ3) is 4.26. The van der Waals surface area contributed by atoms with Crippen molar-refractivity contribution < 1.29 is 24.9 Å². The zero-order valence-electron chi connectivity index (χ0n) is 13.9. The molecule has 2 aromatic rings. The topological polar surface area (TPSA) is 123 Å². The molecule has 3 rings (SSSR count). The lowest BCUT2D eigenvalue weighted by Gasteiger charge is -2.15. The molecule has 8 nitrogen and oxygen atoms in total. The van der Waals surface area contributed by atoms with E-state index in [4.69, 9.17) is 5.11 Å². The van der Waals surface area contributed by atoms with Gasteiger partial charge in [0.2, 0.25) is 5.91 Å². The van der Waals surface area contributed by atoms with Gasteiger partial charge < -0.3 is 15.3 Å². The maximum atomic E-state index is 12.6. The number of aromatic hydroxyl groups is 2. The number of carbonyl (C=O) groups is 2. The molecule has 27 heavy (non-hydrogen) atoms. The van der Waals surface area contributed by atoms with Crippen molar-refractivity contribution in [3.63, 3.8) is 0 Å². The maximum absolute atomic E-state index is 12.6. The molecule has 0 saturated carbocycles. The van der Waals surface area contributed by atoms with E-state index >= 15 is 0 Å². The van der Waals surface area contributed by atoms with Gasteiger partial charge in [0.1, 0.15) is 16.7 Å². The van der Waals surface area contributed by atoms with Gasteiger partial charge in [-0.1, -0.05) is 23.9 Å². The molecule has 0 bridgehead atoms. The minimum atomic E-state index is -1.09. The van der Waals surface area contributed by atoms with Crippen LogP contribution in [0.3, 0.4) is 0 Å². The SMILES string of the molecule is O=C(O)C[C@H]1S/C(=N/N=C\c2ccccc2O)N(c2ccc(O)cc2)C1=O. The molecule has 1 aliphatic rings. The van der Waals surface area contributed by atoms with E-state index < -0.39 is 17.1 Å². The van der Waals surface area contributed by atoms with Crippen molar-refractivity contribution in [2.24, 2.45) is 10.2 Å². The number of amidine groups is 1. The molecular weight excluding hydrogens is 370 g/mol. The van der Waals surface area contributed by atoms with Crippen LogP contribution < -0.4 is 4.90 Å². The normalized spacial score (nSPS) is 18.5. The van der Waals surface area contributed by atoms with Crippen LogP contribution in [-0.4, -0.2) is 43.8 Å². The number of hydrogen-bond donors (Lipinski definition) is 3. The molecule has 3 N–H and O–H groups in total. The van der Waals surface area contributed by atoms with Crippen molar-refractivity contribution in [2.75, 3.05) is 4.90 Å². The Bertz CT molecular complexity index is 927. The van der Waals surface area contributed by atoms with Crippen LogP contribution >= 0.6 is 11.8 Å². The summed E-state index contributed by atoms with van der Waals surface area (Å²) in [5.41, 5.74) is 0.893. The predicted octanol–water partition coefficient (Wildman–Crippen LogP) is 2.41. The molecule has 1 aliphatic heterocycles. The largest absolute Gasteiger partial charge is 0.508 e. The Morgan fingerprint density at radius 3 is 2.52 bits per heavy atom. The Kier molecular flexibility index (Phi) is 5.41. The maximum Gasteiger partial charge on any atom is 0.305 e. The Hall–Kier alpha value is -3.33. The molecule has 9 heteroatoms. The summed E-state index contributed by atoms with van der Waals surface area (Å²) in [6, 6.07) is 12.4. The van der Waals surface area contributed by atoms with Crippen molar-refractivity contribution >= 4 is 40.7 Å². The number of anilines is 1. The zero-order valence-corrected chi connectivity index (χ0v) is 14.7. The standard InChI is InChI=1S/C18H15N3O5S/c22-13-7-5-12(6-8-13)21-17(26)15(9-16(24)25)27-18(21)20-19-10-11-3-1-2-4-14(11)23/h1-8,10,15,22-23H,9H2,(H,24,25)/b19-10-,20-18+/t15-/m1/s1. The van der Waals surface area contributed by atoms with Crippen LogP contribution in [0, 0.1) is 0 Å². The van der Waals surface area contributed by atoms with Gasteiger partial charge in [0.05, 0.1) is 18.3 Å². The van der Waals surface area contributed by atoms with Gasteiger partial charge >= 0.3 is 5.97 Å². The number of aliphatic carboxylic acids is 1. The number of nitrogens with zero attached hydrogens (tertiary/aromatic N) is 3. The zero-order chi connectivity index (χ0) is 19.4. The van der Waals surface area contributed by atoms with E-state index in [0.717, 1.165) is 11.8 Å². The van der Waals surface area contributed by atoms with Crippen molar-refractivity contribution in [3.8, 4) is 11.5 Å². The van der Waals surface area contributed by atoms with Gasteiger partial charge in [0, 0.05) is 5.56 Å². The number of carboxylic acid groups (broad SMARTS) is 1. The Labute approximate surface area is 158 Å². The number of rotatable bonds is 5. The number of carboxylic acids is 1. The van der Waals surface area contributed by atoms with Crippen molar-refractivity contribution in [2.45, 2.75) is 11.7 Å². The van der Waals surface area contributed by atoms with Gasteiger partial charge in [-0.25, -0.2) is 0 Å². The molecule has 0 radical (unpaired) electrons. The van der Waals surface area contributed by atoms with Crippen molar-refractivity contribution in [1.82, 2.24) is 0 Å². The number of thioether (sulfide) groups is 1. The number of amides is 1. The van der Waals surface area contributed by atoms with E-state index in [1.54, 1.807) is 18.2 Å². The van der Waals surface area contributed by atoms with E-state index in [1.807, 2.05) is 0 Å². The summed E-state index contributed by atoms with van der Waals surface area (Å²) >= 11 is 1.00. The first-order valence-corrected chi connectivity index (χ1v) is 8.74. The van der Waals surface area contributed by atoms with Gasteiger partial charge in [0.15, 0.2) is 5.17 Å². The van der Waals surface area contributed by atoms with Crippen molar-refractivity contribution in [1.29, 1.82) is 0 Å². The lowest BCUT2D eigenvalue weighted by Crippen LogP contribution is -2.32. The molecule has 0 aliphatic carbocycles. The summed E-state index contributed by atoms with van der Waals surface area (Å²) in [5.74, 6) is -1.44. The van der Waals surface area contributed by atoms with Gasteiger partial charge in [-0.15, -0.1) is 5.10 Å². The van der Waals surface area contributed by atoms with Crippen LogP contribution in [0.25, 0.3) is 0 Å². The second-order valence-electron chi connectivity index (χ2n) is 5.58. The molecule has 1 atom stereocenters. The van der Waals surface area contributed by atoms with Gasteiger partial charge in [-0.2, -0.15) is 5.10 Å². The molecular formula is C18H15N3O5S. The summed E-state index contributed by atoms with van der Waals surface area (Å²) in [4.78, 5) is 24.9. The molecule has 0 spiro atoms. The third-order valence-electron chi connectivity index (χ3n) is 3.68. The number of phenolic OH excluding ortho intramolecular Hbond substituents is 2. The summed E-state index contributed by atoms with van der Waals surface area (Å²) < 4.78 is 0. The van der Waals surface area contributed by atoms with Gasteiger partial charge in [0.25, 0.3) is 0 Å². The summed E-state index contributed by atoms with van der Waals surface area (Å²) in [6.45, 7) is 0. The molecule has 2 aromatic carbocycles. The van der Waals surface area contributed by atoms with Crippen molar-refractivity contribution in [3.05, 3.63) is 54.1 Å². The molecule has 1 heterocycles. The first kappa shape index (κ1) is 18.5. The van der Waals surface area contributed by atoms with Crippen LogP contribution in [0.5, 0.6) is 11.5 Å². The van der Waals surface area contributed by atoms with Crippen LogP contribution in [0.15, 0.2) is 58.7 Å². The highest BCUT2D eigenvalue weighted by atomic mass is 32.2. The highest BCUT2D eigenvalue weighted by molar-refractivity contribution is 8.16. The van der Waals surface area contributed by atoms with E-state index in [9.17, 15) is 19.8 Å². The monoisotopic (exact) mass is 385 g/mol. The smallest absolute Gasteiger partial charge is 0.305 e. The number of carbonyl (C=O) groups excluding carboxylic acids is 1. The Balaban J connectivity index is 1.91. The average molecular weight is 385 g/mol.